The average Bonchev–Trinajstić information content (AvgIpc) is 3.20. The Labute approximate surface area is 287 Å². The van der Waals surface area contributed by atoms with Gasteiger partial charge in [-0.15, -0.1) is 0 Å². The number of carbonyl (C=O) groups excluding carboxylic acids is 4. The molecular weight excluding hydrogens is 626 g/mol. The molecular formula is C36H49N7O6. The number of pyridine rings is 1. The Balaban J connectivity index is 1.63. The molecule has 3 atom stereocenters. The van der Waals surface area contributed by atoms with Gasteiger partial charge >= 0.3 is 12.0 Å². The minimum atomic E-state index is -1.20. The quantitative estimate of drug-likeness (QED) is 0.204. The van der Waals surface area contributed by atoms with Crippen LogP contribution in [0.25, 0.3) is 10.9 Å². The number of nitrogens with zero attached hydrogens (tertiary/aromatic N) is 4. The number of urea groups is 1. The van der Waals surface area contributed by atoms with E-state index in [1.54, 1.807) is 29.3 Å². The molecule has 0 aliphatic carbocycles. The first-order chi connectivity index (χ1) is 23.4. The van der Waals surface area contributed by atoms with Crippen molar-refractivity contribution in [1.29, 1.82) is 0 Å². The molecule has 3 aromatic rings. The van der Waals surface area contributed by atoms with Crippen molar-refractivity contribution in [2.45, 2.75) is 76.9 Å². The summed E-state index contributed by atoms with van der Waals surface area (Å²) in [4.78, 5) is 73.5. The van der Waals surface area contributed by atoms with E-state index < -0.39 is 48.4 Å². The van der Waals surface area contributed by atoms with Crippen LogP contribution < -0.4 is 16.0 Å². The van der Waals surface area contributed by atoms with Gasteiger partial charge in [0, 0.05) is 69.0 Å². The number of para-hydroxylation sites is 1. The lowest BCUT2D eigenvalue weighted by atomic mass is 10.0. The number of carboxylic acid groups (broad SMARTS) is 1. The third kappa shape index (κ3) is 10.5. The van der Waals surface area contributed by atoms with Gasteiger partial charge in [-0.05, 0) is 48.9 Å². The number of benzene rings is 1. The molecule has 1 aliphatic rings. The molecule has 0 unspecified atom stereocenters. The highest BCUT2D eigenvalue weighted by atomic mass is 16.4. The third-order valence-corrected chi connectivity index (χ3v) is 8.75. The molecule has 0 bridgehead atoms. The Morgan fingerprint density at radius 2 is 1.51 bits per heavy atom. The topological polar surface area (TPSA) is 166 Å². The lowest BCUT2D eigenvalue weighted by molar-refractivity contribution is -0.145. The molecule has 264 valence electrons. The Bertz CT molecular complexity index is 1600. The van der Waals surface area contributed by atoms with E-state index in [-0.39, 0.29) is 24.8 Å². The molecule has 1 fully saturated rings. The van der Waals surface area contributed by atoms with E-state index in [0.717, 1.165) is 47.0 Å². The summed E-state index contributed by atoms with van der Waals surface area (Å²) in [5.74, 6) is -2.87. The number of nitrogens with one attached hydrogen (secondary N) is 3. The van der Waals surface area contributed by atoms with Gasteiger partial charge in [0.25, 0.3) is 0 Å². The molecule has 5 amide bonds. The van der Waals surface area contributed by atoms with Crippen LogP contribution in [0.4, 0.5) is 4.79 Å². The fourth-order valence-corrected chi connectivity index (χ4v) is 6.25. The molecule has 13 nitrogen and oxygen atoms in total. The second kappa shape index (κ2) is 17.5. The monoisotopic (exact) mass is 675 g/mol. The predicted molar refractivity (Wildman–Crippen MR) is 186 cm³/mol. The largest absolute Gasteiger partial charge is 0.480 e. The Kier molecular flexibility index (Phi) is 13.1. The number of aliphatic carboxylic acids is 1. The maximum Gasteiger partial charge on any atom is 0.323 e. The number of carboxylic acids is 1. The number of likely N-dealkylation sites (tertiary alicyclic amines) is 1. The average molecular weight is 676 g/mol. The van der Waals surface area contributed by atoms with Crippen molar-refractivity contribution in [3.05, 3.63) is 66.1 Å². The second-order valence-electron chi connectivity index (χ2n) is 13.3. The third-order valence-electron chi connectivity index (χ3n) is 8.75. The molecule has 4 rings (SSSR count). The van der Waals surface area contributed by atoms with Crippen molar-refractivity contribution in [2.75, 3.05) is 26.7 Å². The Morgan fingerprint density at radius 3 is 2.16 bits per heavy atom. The van der Waals surface area contributed by atoms with Gasteiger partial charge in [0.2, 0.25) is 17.7 Å². The first-order valence-electron chi connectivity index (χ1n) is 17.0. The van der Waals surface area contributed by atoms with Crippen LogP contribution in [0.5, 0.6) is 0 Å². The standard InChI is InChI=1S/C36H49N7O6/c1-24(2)19-28(40-36(49)43-17-11-5-6-12-18-43)33(46)38-29(20-25-22-41(3)31-15-8-7-14-27(25)31)34(47)39-30(21-26-13-9-10-16-37-26)35(48)42(4)23-32(44)45/h7-10,13-16,22,24,28-30H,5-6,11-12,17-21,23H2,1-4H3,(H,38,46)(H,39,47)(H,40,49)(H,44,45)/t28-,29+,30+/m0/s1. The highest BCUT2D eigenvalue weighted by molar-refractivity contribution is 5.95. The van der Waals surface area contributed by atoms with Crippen LogP contribution in [-0.4, -0.2) is 99.0 Å². The van der Waals surface area contributed by atoms with Crippen molar-refractivity contribution < 1.29 is 29.1 Å². The van der Waals surface area contributed by atoms with E-state index in [1.165, 1.54) is 7.05 Å². The van der Waals surface area contributed by atoms with Crippen LogP contribution in [0, 0.1) is 5.92 Å². The normalized spacial score (nSPS) is 15.2. The molecule has 2 aromatic heterocycles. The van der Waals surface area contributed by atoms with Crippen molar-refractivity contribution >= 4 is 40.6 Å². The van der Waals surface area contributed by atoms with Gasteiger partial charge in [-0.3, -0.25) is 24.2 Å². The summed E-state index contributed by atoms with van der Waals surface area (Å²) in [5.41, 5.74) is 2.28. The number of likely N-dealkylation sites (N-methyl/N-ethyl adjacent to an activating group) is 1. The van der Waals surface area contributed by atoms with Crippen LogP contribution in [0.15, 0.2) is 54.9 Å². The van der Waals surface area contributed by atoms with Gasteiger partial charge in [-0.1, -0.05) is 51.0 Å². The number of amides is 5. The summed E-state index contributed by atoms with van der Waals surface area (Å²) >= 11 is 0. The number of aromatic nitrogens is 2. The van der Waals surface area contributed by atoms with Crippen molar-refractivity contribution in [1.82, 2.24) is 35.3 Å². The maximum atomic E-state index is 14.2. The summed E-state index contributed by atoms with van der Waals surface area (Å²) in [5, 5.41) is 18.9. The highest BCUT2D eigenvalue weighted by Gasteiger charge is 2.33. The zero-order valence-corrected chi connectivity index (χ0v) is 28.9. The fourth-order valence-electron chi connectivity index (χ4n) is 6.25. The van der Waals surface area contributed by atoms with Crippen LogP contribution in [0.3, 0.4) is 0 Å². The van der Waals surface area contributed by atoms with Gasteiger partial charge < -0.3 is 35.4 Å². The SMILES string of the molecule is CC(C)C[C@H](NC(=O)N1CCCCCC1)C(=O)N[C@H](Cc1cn(C)c2ccccc12)C(=O)N[C@H](Cc1ccccn1)C(=O)N(C)CC(=O)O. The van der Waals surface area contributed by atoms with E-state index in [4.69, 9.17) is 0 Å². The molecule has 0 saturated carbocycles. The molecule has 0 spiro atoms. The first kappa shape index (κ1) is 36.9. The fraction of sp³-hybridized carbons (Fsp3) is 0.500. The molecule has 1 aromatic carbocycles. The van der Waals surface area contributed by atoms with E-state index in [2.05, 4.69) is 20.9 Å². The van der Waals surface area contributed by atoms with E-state index in [1.807, 2.05) is 55.9 Å². The van der Waals surface area contributed by atoms with Crippen LogP contribution in [0.1, 0.15) is 57.2 Å². The highest BCUT2D eigenvalue weighted by Crippen LogP contribution is 2.22. The summed E-state index contributed by atoms with van der Waals surface area (Å²) in [6.07, 6.45) is 7.85. The first-order valence-corrected chi connectivity index (χ1v) is 17.0. The summed E-state index contributed by atoms with van der Waals surface area (Å²) in [7, 11) is 3.25. The summed E-state index contributed by atoms with van der Waals surface area (Å²) in [6, 6.07) is 9.42. The minimum absolute atomic E-state index is 0.00612. The second-order valence-corrected chi connectivity index (χ2v) is 13.3. The molecule has 0 radical (unpaired) electrons. The van der Waals surface area contributed by atoms with E-state index >= 15 is 0 Å². The van der Waals surface area contributed by atoms with Gasteiger partial charge in [-0.2, -0.15) is 0 Å². The summed E-state index contributed by atoms with van der Waals surface area (Å²) < 4.78 is 1.94. The van der Waals surface area contributed by atoms with Gasteiger partial charge in [0.1, 0.15) is 24.7 Å². The molecule has 13 heteroatoms. The van der Waals surface area contributed by atoms with Gasteiger partial charge in [0.05, 0.1) is 0 Å². The zero-order chi connectivity index (χ0) is 35.5. The predicted octanol–water partition coefficient (Wildman–Crippen LogP) is 2.87. The van der Waals surface area contributed by atoms with Gasteiger partial charge in [-0.25, -0.2) is 4.79 Å². The number of aryl methyl sites for hydroxylation is 1. The lowest BCUT2D eigenvalue weighted by Crippen LogP contribution is -2.59. The number of rotatable bonds is 14. The van der Waals surface area contributed by atoms with E-state index in [9.17, 15) is 29.1 Å². The lowest BCUT2D eigenvalue weighted by Gasteiger charge is -2.29. The minimum Gasteiger partial charge on any atom is -0.480 e. The van der Waals surface area contributed by atoms with Crippen LogP contribution >= 0.6 is 0 Å². The number of hydrogen-bond acceptors (Lipinski definition) is 6. The smallest absolute Gasteiger partial charge is 0.323 e. The number of hydrogen-bond donors (Lipinski definition) is 4. The van der Waals surface area contributed by atoms with Crippen molar-refractivity contribution in [3.8, 4) is 0 Å². The summed E-state index contributed by atoms with van der Waals surface area (Å²) in [6.45, 7) is 4.60. The van der Waals surface area contributed by atoms with Crippen molar-refractivity contribution in [2.24, 2.45) is 13.0 Å². The number of carbonyl (C=O) groups is 5. The van der Waals surface area contributed by atoms with E-state index in [0.29, 0.717) is 25.2 Å². The number of fused-ring (bicyclic) bond motifs is 1. The van der Waals surface area contributed by atoms with Crippen LogP contribution in [0.2, 0.25) is 0 Å². The van der Waals surface area contributed by atoms with Crippen LogP contribution in [-0.2, 0) is 39.1 Å². The molecule has 4 N–H and O–H groups in total. The van der Waals surface area contributed by atoms with Crippen molar-refractivity contribution in [3.63, 3.8) is 0 Å². The Hall–Kier alpha value is -4.94. The maximum absolute atomic E-state index is 14.2. The Morgan fingerprint density at radius 1 is 0.857 bits per heavy atom. The molecule has 1 saturated heterocycles. The molecule has 49 heavy (non-hydrogen) atoms. The van der Waals surface area contributed by atoms with Gasteiger partial charge in [0.15, 0.2) is 0 Å². The molecule has 3 heterocycles. The molecule has 1 aliphatic heterocycles. The zero-order valence-electron chi connectivity index (χ0n) is 28.9.